The van der Waals surface area contributed by atoms with Crippen molar-refractivity contribution in [3.8, 4) is 0 Å². The van der Waals surface area contributed by atoms with E-state index in [0.29, 0.717) is 5.92 Å². The van der Waals surface area contributed by atoms with Crippen LogP contribution in [-0.2, 0) is 0 Å². The van der Waals surface area contributed by atoms with Crippen molar-refractivity contribution in [3.05, 3.63) is 23.9 Å². The van der Waals surface area contributed by atoms with Crippen LogP contribution in [0.5, 0.6) is 0 Å². The average Bonchev–Trinajstić information content (AvgIpc) is 3.00. The topological polar surface area (TPSA) is 38.9 Å². The van der Waals surface area contributed by atoms with Crippen LogP contribution < -0.4 is 5.73 Å². The van der Waals surface area contributed by atoms with E-state index in [1.807, 2.05) is 18.5 Å². The van der Waals surface area contributed by atoms with E-state index in [4.69, 9.17) is 5.73 Å². The minimum Gasteiger partial charge on any atom is -0.324 e. The third-order valence-corrected chi connectivity index (χ3v) is 3.21. The van der Waals surface area contributed by atoms with Crippen molar-refractivity contribution in [3.63, 3.8) is 0 Å². The molecule has 0 unspecified atom stereocenters. The third-order valence-electron chi connectivity index (χ3n) is 2.48. The number of thioether (sulfide) groups is 1. The van der Waals surface area contributed by atoms with Gasteiger partial charge in [-0.2, -0.15) is 0 Å². The second-order valence-electron chi connectivity index (χ2n) is 3.47. The van der Waals surface area contributed by atoms with Crippen LogP contribution >= 0.6 is 11.8 Å². The first-order valence-electron chi connectivity index (χ1n) is 4.57. The first-order chi connectivity index (χ1) is 6.33. The standard InChI is InChI=1S/C10H14N2S/c1-13-10-8(3-2-6-12-10)9(11)7-4-5-7/h2-3,6-7,9H,4-5,11H2,1H3/t9-/m1/s1. The van der Waals surface area contributed by atoms with E-state index in [-0.39, 0.29) is 6.04 Å². The number of aromatic nitrogens is 1. The van der Waals surface area contributed by atoms with E-state index in [9.17, 15) is 0 Å². The Morgan fingerprint density at radius 2 is 2.38 bits per heavy atom. The smallest absolute Gasteiger partial charge is 0.100 e. The summed E-state index contributed by atoms with van der Waals surface area (Å²) in [5, 5.41) is 1.09. The van der Waals surface area contributed by atoms with Gasteiger partial charge in [0.1, 0.15) is 5.03 Å². The maximum Gasteiger partial charge on any atom is 0.100 e. The van der Waals surface area contributed by atoms with Crippen LogP contribution in [0.1, 0.15) is 24.4 Å². The van der Waals surface area contributed by atoms with Gasteiger partial charge in [-0.1, -0.05) is 6.07 Å². The lowest BCUT2D eigenvalue weighted by atomic mass is 10.1. The van der Waals surface area contributed by atoms with Crippen LogP contribution in [-0.4, -0.2) is 11.2 Å². The van der Waals surface area contributed by atoms with Gasteiger partial charge in [0, 0.05) is 17.8 Å². The largest absolute Gasteiger partial charge is 0.324 e. The molecule has 0 aromatic carbocycles. The van der Waals surface area contributed by atoms with Gasteiger partial charge in [0.25, 0.3) is 0 Å². The highest BCUT2D eigenvalue weighted by Crippen LogP contribution is 2.41. The molecule has 0 bridgehead atoms. The van der Waals surface area contributed by atoms with E-state index >= 15 is 0 Å². The van der Waals surface area contributed by atoms with Crippen molar-refractivity contribution >= 4 is 11.8 Å². The van der Waals surface area contributed by atoms with Crippen molar-refractivity contribution in [1.29, 1.82) is 0 Å². The molecule has 1 aliphatic carbocycles. The molecule has 2 N–H and O–H groups in total. The Balaban J connectivity index is 2.26. The molecule has 2 rings (SSSR count). The Labute approximate surface area is 82.9 Å². The summed E-state index contributed by atoms with van der Waals surface area (Å²) in [4.78, 5) is 4.31. The summed E-state index contributed by atoms with van der Waals surface area (Å²) in [6.45, 7) is 0. The molecule has 3 heteroatoms. The summed E-state index contributed by atoms with van der Waals surface area (Å²) in [7, 11) is 0. The molecule has 1 heterocycles. The van der Waals surface area contributed by atoms with Gasteiger partial charge < -0.3 is 5.73 Å². The summed E-state index contributed by atoms with van der Waals surface area (Å²) in [5.41, 5.74) is 7.34. The monoisotopic (exact) mass is 194 g/mol. The highest BCUT2D eigenvalue weighted by atomic mass is 32.2. The van der Waals surface area contributed by atoms with Gasteiger partial charge in [-0.15, -0.1) is 11.8 Å². The van der Waals surface area contributed by atoms with Crippen LogP contribution in [0.15, 0.2) is 23.4 Å². The number of pyridine rings is 1. The molecule has 2 nitrogen and oxygen atoms in total. The van der Waals surface area contributed by atoms with Gasteiger partial charge in [-0.3, -0.25) is 0 Å². The molecule has 1 aromatic rings. The molecular weight excluding hydrogens is 180 g/mol. The Kier molecular flexibility index (Phi) is 2.56. The molecule has 0 spiro atoms. The molecule has 1 saturated carbocycles. The fourth-order valence-electron chi connectivity index (χ4n) is 1.54. The van der Waals surface area contributed by atoms with Crippen LogP contribution in [0.25, 0.3) is 0 Å². The minimum absolute atomic E-state index is 0.205. The second-order valence-corrected chi connectivity index (χ2v) is 4.26. The molecule has 1 fully saturated rings. The van der Waals surface area contributed by atoms with Crippen molar-refractivity contribution < 1.29 is 0 Å². The fourth-order valence-corrected chi connectivity index (χ4v) is 2.14. The fraction of sp³-hybridized carbons (Fsp3) is 0.500. The van der Waals surface area contributed by atoms with Crippen molar-refractivity contribution in [2.24, 2.45) is 11.7 Å². The van der Waals surface area contributed by atoms with Crippen LogP contribution in [0, 0.1) is 5.92 Å². The summed E-state index contributed by atoms with van der Waals surface area (Å²) in [6.07, 6.45) is 6.44. The van der Waals surface area contributed by atoms with Crippen LogP contribution in [0.2, 0.25) is 0 Å². The van der Waals surface area contributed by atoms with Crippen molar-refractivity contribution in [2.75, 3.05) is 6.26 Å². The minimum atomic E-state index is 0.205. The number of rotatable bonds is 3. The number of hydrogen-bond donors (Lipinski definition) is 1. The van der Waals surface area contributed by atoms with Gasteiger partial charge >= 0.3 is 0 Å². The van der Waals surface area contributed by atoms with Crippen LogP contribution in [0.3, 0.4) is 0 Å². The Hall–Kier alpha value is -0.540. The van der Waals surface area contributed by atoms with Gasteiger partial charge in [-0.05, 0) is 31.1 Å². The Morgan fingerprint density at radius 3 is 3.00 bits per heavy atom. The summed E-state index contributed by atoms with van der Waals surface area (Å²) >= 11 is 1.68. The van der Waals surface area contributed by atoms with Crippen molar-refractivity contribution in [2.45, 2.75) is 23.9 Å². The Bertz CT molecular complexity index is 297. The summed E-state index contributed by atoms with van der Waals surface area (Å²) in [5.74, 6) is 0.704. The molecule has 13 heavy (non-hydrogen) atoms. The summed E-state index contributed by atoms with van der Waals surface area (Å²) in [6, 6.07) is 4.27. The molecule has 1 aliphatic rings. The van der Waals surface area contributed by atoms with Gasteiger partial charge in [0.15, 0.2) is 0 Å². The second kappa shape index (κ2) is 3.68. The normalized spacial score (nSPS) is 18.6. The molecule has 0 radical (unpaired) electrons. The van der Waals surface area contributed by atoms with E-state index < -0.39 is 0 Å². The lowest BCUT2D eigenvalue weighted by Gasteiger charge is -2.12. The molecule has 0 saturated heterocycles. The molecule has 70 valence electrons. The molecule has 1 aromatic heterocycles. The predicted molar refractivity (Wildman–Crippen MR) is 55.7 cm³/mol. The zero-order valence-electron chi connectivity index (χ0n) is 7.73. The first kappa shape index (κ1) is 9.03. The highest BCUT2D eigenvalue weighted by molar-refractivity contribution is 7.98. The molecule has 0 amide bonds. The molecule has 0 aliphatic heterocycles. The van der Waals surface area contributed by atoms with Crippen molar-refractivity contribution in [1.82, 2.24) is 4.98 Å². The lowest BCUT2D eigenvalue weighted by molar-refractivity contribution is 0.616. The van der Waals surface area contributed by atoms with E-state index in [1.54, 1.807) is 11.8 Å². The van der Waals surface area contributed by atoms with E-state index in [1.165, 1.54) is 18.4 Å². The zero-order valence-corrected chi connectivity index (χ0v) is 8.55. The van der Waals surface area contributed by atoms with Gasteiger partial charge in [-0.25, -0.2) is 4.98 Å². The molecular formula is C10H14N2S. The number of nitrogens with zero attached hydrogens (tertiary/aromatic N) is 1. The van der Waals surface area contributed by atoms with Gasteiger partial charge in [0.05, 0.1) is 0 Å². The zero-order chi connectivity index (χ0) is 9.26. The highest BCUT2D eigenvalue weighted by Gasteiger charge is 2.30. The van der Waals surface area contributed by atoms with E-state index in [2.05, 4.69) is 11.1 Å². The molecule has 1 atom stereocenters. The lowest BCUT2D eigenvalue weighted by Crippen LogP contribution is -2.13. The Morgan fingerprint density at radius 1 is 1.62 bits per heavy atom. The van der Waals surface area contributed by atoms with Gasteiger partial charge in [0.2, 0.25) is 0 Å². The predicted octanol–water partition coefficient (Wildman–Crippen LogP) is 2.21. The SMILES string of the molecule is CSc1ncccc1[C@H](N)C1CC1. The maximum atomic E-state index is 6.12. The van der Waals surface area contributed by atoms with E-state index in [0.717, 1.165) is 5.03 Å². The maximum absolute atomic E-state index is 6.12. The third kappa shape index (κ3) is 1.86. The summed E-state index contributed by atoms with van der Waals surface area (Å²) < 4.78 is 0. The van der Waals surface area contributed by atoms with Crippen LogP contribution in [0.4, 0.5) is 0 Å². The average molecular weight is 194 g/mol. The number of hydrogen-bond acceptors (Lipinski definition) is 3. The number of nitrogens with two attached hydrogens (primary N) is 1. The quantitative estimate of drug-likeness (QED) is 0.750. The first-order valence-corrected chi connectivity index (χ1v) is 5.80.